The highest BCUT2D eigenvalue weighted by Gasteiger charge is 2.35. The molecule has 0 heterocycles. The molecule has 1 aromatic rings. The van der Waals surface area contributed by atoms with Crippen LogP contribution in [0.5, 0.6) is 0 Å². The molecule has 0 atom stereocenters. The number of anilines is 1. The van der Waals surface area contributed by atoms with Gasteiger partial charge in [-0.25, -0.2) is 13.6 Å². The van der Waals surface area contributed by atoms with E-state index in [1.807, 2.05) is 6.92 Å². The van der Waals surface area contributed by atoms with Crippen LogP contribution in [0.3, 0.4) is 0 Å². The molecule has 20 heavy (non-hydrogen) atoms. The van der Waals surface area contributed by atoms with Gasteiger partial charge in [-0.05, 0) is 25.0 Å². The zero-order chi connectivity index (χ0) is 14.8. The van der Waals surface area contributed by atoms with Gasteiger partial charge in [0.05, 0.1) is 5.69 Å². The van der Waals surface area contributed by atoms with Gasteiger partial charge >= 0.3 is 0 Å². The molecule has 6 heteroatoms. The number of amides is 1. The van der Waals surface area contributed by atoms with E-state index in [4.69, 9.17) is 5.14 Å². The summed E-state index contributed by atoms with van der Waals surface area (Å²) in [6.07, 6.45) is 4.87. The molecule has 1 aromatic carbocycles. The standard InChI is InChI=1S/C14H20N2O3S/c1-14(9-5-2-6-10-14)13(17)16-11-7-3-4-8-12(11)20(15,18)19/h3-4,7-8H,2,5-6,9-10H2,1H3,(H,16,17)(H2,15,18,19). The van der Waals surface area contributed by atoms with Crippen LogP contribution in [-0.4, -0.2) is 14.3 Å². The van der Waals surface area contributed by atoms with Crippen LogP contribution < -0.4 is 10.5 Å². The minimum absolute atomic E-state index is 0.0484. The summed E-state index contributed by atoms with van der Waals surface area (Å²) in [6, 6.07) is 6.21. The molecule has 1 saturated carbocycles. The summed E-state index contributed by atoms with van der Waals surface area (Å²) < 4.78 is 23.0. The smallest absolute Gasteiger partial charge is 0.240 e. The van der Waals surface area contributed by atoms with E-state index in [9.17, 15) is 13.2 Å². The molecule has 0 spiro atoms. The lowest BCUT2D eigenvalue weighted by atomic mass is 9.75. The first kappa shape index (κ1) is 15.0. The minimum Gasteiger partial charge on any atom is -0.324 e. The van der Waals surface area contributed by atoms with Crippen molar-refractivity contribution >= 4 is 21.6 Å². The van der Waals surface area contributed by atoms with Crippen LogP contribution in [0, 0.1) is 5.41 Å². The average Bonchev–Trinajstić information content (AvgIpc) is 2.39. The molecule has 0 aliphatic heterocycles. The molecule has 0 unspecified atom stereocenters. The van der Waals surface area contributed by atoms with Crippen molar-refractivity contribution in [2.75, 3.05) is 5.32 Å². The monoisotopic (exact) mass is 296 g/mol. The summed E-state index contributed by atoms with van der Waals surface area (Å²) in [5.41, 5.74) is -0.171. The lowest BCUT2D eigenvalue weighted by Crippen LogP contribution is -2.35. The Morgan fingerprint density at radius 1 is 1.20 bits per heavy atom. The number of carbonyl (C=O) groups excluding carboxylic acids is 1. The number of nitrogens with one attached hydrogen (secondary N) is 1. The van der Waals surface area contributed by atoms with Gasteiger partial charge in [0.1, 0.15) is 4.90 Å². The van der Waals surface area contributed by atoms with Gasteiger partial charge in [-0.3, -0.25) is 4.79 Å². The summed E-state index contributed by atoms with van der Waals surface area (Å²) in [4.78, 5) is 12.4. The van der Waals surface area contributed by atoms with Gasteiger partial charge in [0.2, 0.25) is 15.9 Å². The van der Waals surface area contributed by atoms with Crippen molar-refractivity contribution in [3.8, 4) is 0 Å². The molecule has 5 nitrogen and oxygen atoms in total. The number of carbonyl (C=O) groups is 1. The Morgan fingerprint density at radius 2 is 1.80 bits per heavy atom. The summed E-state index contributed by atoms with van der Waals surface area (Å²) in [5, 5.41) is 7.89. The van der Waals surface area contributed by atoms with E-state index in [1.54, 1.807) is 18.2 Å². The third kappa shape index (κ3) is 3.19. The Kier molecular flexibility index (Phi) is 4.15. The normalized spacial score (nSPS) is 18.5. The summed E-state index contributed by atoms with van der Waals surface area (Å²) in [5.74, 6) is -0.131. The van der Waals surface area contributed by atoms with Crippen LogP contribution in [-0.2, 0) is 14.8 Å². The highest BCUT2D eigenvalue weighted by atomic mass is 32.2. The summed E-state index contributed by atoms with van der Waals surface area (Å²) >= 11 is 0. The molecule has 2 rings (SSSR count). The van der Waals surface area contributed by atoms with Crippen LogP contribution in [0.4, 0.5) is 5.69 Å². The molecule has 0 saturated heterocycles. The van der Waals surface area contributed by atoms with E-state index in [2.05, 4.69) is 5.32 Å². The molecule has 1 aliphatic rings. The predicted molar refractivity (Wildman–Crippen MR) is 77.6 cm³/mol. The van der Waals surface area contributed by atoms with Crippen molar-refractivity contribution in [3.63, 3.8) is 0 Å². The number of hydrogen-bond acceptors (Lipinski definition) is 3. The van der Waals surface area contributed by atoms with Crippen molar-refractivity contribution in [3.05, 3.63) is 24.3 Å². The van der Waals surface area contributed by atoms with Crippen molar-refractivity contribution in [2.45, 2.75) is 43.9 Å². The van der Waals surface area contributed by atoms with E-state index >= 15 is 0 Å². The molecule has 1 fully saturated rings. The number of nitrogens with two attached hydrogens (primary N) is 1. The number of hydrogen-bond donors (Lipinski definition) is 2. The van der Waals surface area contributed by atoms with Gasteiger partial charge in [-0.15, -0.1) is 0 Å². The first-order valence-electron chi connectivity index (χ1n) is 6.76. The quantitative estimate of drug-likeness (QED) is 0.896. The molecule has 3 N–H and O–H groups in total. The Labute approximate surface area is 119 Å². The van der Waals surface area contributed by atoms with Crippen molar-refractivity contribution in [1.82, 2.24) is 0 Å². The molecule has 110 valence electrons. The van der Waals surface area contributed by atoms with Crippen LogP contribution in [0.25, 0.3) is 0 Å². The topological polar surface area (TPSA) is 89.3 Å². The fourth-order valence-corrected chi connectivity index (χ4v) is 3.34. The third-order valence-electron chi connectivity index (χ3n) is 3.95. The maximum Gasteiger partial charge on any atom is 0.240 e. The Balaban J connectivity index is 2.24. The zero-order valence-corrected chi connectivity index (χ0v) is 12.4. The highest BCUT2D eigenvalue weighted by Crippen LogP contribution is 2.37. The van der Waals surface area contributed by atoms with Gasteiger partial charge < -0.3 is 5.32 Å². The Hall–Kier alpha value is -1.40. The molecular weight excluding hydrogens is 276 g/mol. The zero-order valence-electron chi connectivity index (χ0n) is 11.6. The largest absolute Gasteiger partial charge is 0.324 e. The summed E-state index contributed by atoms with van der Waals surface area (Å²) in [7, 11) is -3.84. The predicted octanol–water partition coefficient (Wildman–Crippen LogP) is 2.24. The number of benzene rings is 1. The fraction of sp³-hybridized carbons (Fsp3) is 0.500. The van der Waals surface area contributed by atoms with Crippen LogP contribution in [0.15, 0.2) is 29.2 Å². The SMILES string of the molecule is CC1(C(=O)Nc2ccccc2S(N)(=O)=O)CCCCC1. The molecular formula is C14H20N2O3S. The van der Waals surface area contributed by atoms with E-state index in [0.29, 0.717) is 0 Å². The van der Waals surface area contributed by atoms with Gasteiger partial charge in [0, 0.05) is 5.41 Å². The summed E-state index contributed by atoms with van der Waals surface area (Å²) in [6.45, 7) is 1.93. The third-order valence-corrected chi connectivity index (χ3v) is 4.92. The van der Waals surface area contributed by atoms with E-state index in [-0.39, 0.29) is 16.5 Å². The lowest BCUT2D eigenvalue weighted by molar-refractivity contribution is -0.126. The highest BCUT2D eigenvalue weighted by molar-refractivity contribution is 7.89. The van der Waals surface area contributed by atoms with Gasteiger partial charge in [0.15, 0.2) is 0 Å². The van der Waals surface area contributed by atoms with E-state index in [1.165, 1.54) is 6.07 Å². The van der Waals surface area contributed by atoms with Gasteiger partial charge in [-0.1, -0.05) is 38.3 Å². The first-order valence-corrected chi connectivity index (χ1v) is 8.31. The molecule has 0 radical (unpaired) electrons. The number of sulfonamides is 1. The second kappa shape index (κ2) is 5.54. The maximum absolute atomic E-state index is 12.4. The minimum atomic E-state index is -3.84. The molecule has 1 aliphatic carbocycles. The van der Waals surface area contributed by atoms with Crippen LogP contribution >= 0.6 is 0 Å². The van der Waals surface area contributed by atoms with Crippen molar-refractivity contribution in [1.29, 1.82) is 0 Å². The van der Waals surface area contributed by atoms with E-state index < -0.39 is 15.4 Å². The second-order valence-electron chi connectivity index (χ2n) is 5.62. The lowest BCUT2D eigenvalue weighted by Gasteiger charge is -2.32. The molecule has 1 amide bonds. The van der Waals surface area contributed by atoms with Crippen LogP contribution in [0.1, 0.15) is 39.0 Å². The average molecular weight is 296 g/mol. The Bertz CT molecular complexity index is 605. The van der Waals surface area contributed by atoms with Crippen molar-refractivity contribution < 1.29 is 13.2 Å². The van der Waals surface area contributed by atoms with Crippen molar-refractivity contribution in [2.24, 2.45) is 10.6 Å². The molecule has 0 bridgehead atoms. The number of primary sulfonamides is 1. The molecule has 0 aromatic heterocycles. The second-order valence-corrected chi connectivity index (χ2v) is 7.15. The van der Waals surface area contributed by atoms with Gasteiger partial charge in [0.25, 0.3) is 0 Å². The van der Waals surface area contributed by atoms with E-state index in [0.717, 1.165) is 32.1 Å². The fourth-order valence-electron chi connectivity index (χ4n) is 2.65. The first-order chi connectivity index (χ1) is 9.33. The Morgan fingerprint density at radius 3 is 2.40 bits per heavy atom. The number of rotatable bonds is 3. The maximum atomic E-state index is 12.4. The number of para-hydroxylation sites is 1. The van der Waals surface area contributed by atoms with Gasteiger partial charge in [-0.2, -0.15) is 0 Å². The van der Waals surface area contributed by atoms with Crippen LogP contribution in [0.2, 0.25) is 0 Å².